The molecule has 1 fully saturated rings. The van der Waals surface area contributed by atoms with Crippen LogP contribution >= 0.6 is 0 Å². The second kappa shape index (κ2) is 8.25. The van der Waals surface area contributed by atoms with Crippen LogP contribution in [0, 0.1) is 5.41 Å². The predicted molar refractivity (Wildman–Crippen MR) is 104 cm³/mol. The van der Waals surface area contributed by atoms with Crippen molar-refractivity contribution >= 4 is 30.9 Å². The van der Waals surface area contributed by atoms with Gasteiger partial charge in [-0.05, 0) is 18.2 Å². The van der Waals surface area contributed by atoms with E-state index in [-0.39, 0.29) is 12.2 Å². The summed E-state index contributed by atoms with van der Waals surface area (Å²) in [6.45, 7) is 1.95. The standard InChI is InChI=1S/C12H15N3O2.C7H7BO/c13-5-7-8(14)1-2-9-11(7)12-10(6-15-9)16-3-4-17-12;1-9-7-5-3-2-4-6(7)8/h1-2,5,10,12-13,15H,3-4,6,14H2;2-5H,1H3/t10-,12-;/m0./s1. The third kappa shape index (κ3) is 3.69. The molecule has 6 nitrogen and oxygen atoms in total. The summed E-state index contributed by atoms with van der Waals surface area (Å²) < 4.78 is 16.4. The maximum Gasteiger partial charge on any atom is 0.119 e. The summed E-state index contributed by atoms with van der Waals surface area (Å²) in [6.07, 6.45) is 1.19. The molecule has 7 heteroatoms. The zero-order valence-corrected chi connectivity index (χ0v) is 14.7. The Morgan fingerprint density at radius 2 is 2.00 bits per heavy atom. The number of benzene rings is 2. The Balaban J connectivity index is 0.000000185. The predicted octanol–water partition coefficient (Wildman–Crippen LogP) is 1.64. The van der Waals surface area contributed by atoms with Crippen LogP contribution in [0.25, 0.3) is 0 Å². The molecule has 2 aromatic carbocycles. The van der Waals surface area contributed by atoms with E-state index in [0.29, 0.717) is 24.4 Å². The molecule has 2 aliphatic rings. The third-order valence-corrected chi connectivity index (χ3v) is 4.43. The number of nitrogen functional groups attached to an aromatic ring is 1. The van der Waals surface area contributed by atoms with Crippen LogP contribution in [0.1, 0.15) is 17.2 Å². The first kappa shape index (κ1) is 18.3. The number of rotatable bonds is 2. The van der Waals surface area contributed by atoms with Crippen LogP contribution in [0.4, 0.5) is 11.4 Å². The van der Waals surface area contributed by atoms with E-state index < -0.39 is 0 Å². The molecule has 0 aliphatic carbocycles. The van der Waals surface area contributed by atoms with Gasteiger partial charge in [0, 0.05) is 35.3 Å². The van der Waals surface area contributed by atoms with Gasteiger partial charge in [0.15, 0.2) is 0 Å². The van der Waals surface area contributed by atoms with Crippen molar-refractivity contribution in [2.75, 3.05) is 37.9 Å². The Labute approximate surface area is 154 Å². The van der Waals surface area contributed by atoms with Gasteiger partial charge in [-0.1, -0.05) is 23.7 Å². The summed E-state index contributed by atoms with van der Waals surface area (Å²) in [4.78, 5) is 0. The minimum absolute atomic E-state index is 0.0109. The van der Waals surface area contributed by atoms with Crippen LogP contribution in [0.15, 0.2) is 36.4 Å². The number of ether oxygens (including phenoxy) is 3. The fourth-order valence-electron chi connectivity index (χ4n) is 3.16. The highest BCUT2D eigenvalue weighted by Crippen LogP contribution is 2.39. The molecule has 0 unspecified atom stereocenters. The topological polar surface area (TPSA) is 89.6 Å². The van der Waals surface area contributed by atoms with Gasteiger partial charge in [0.25, 0.3) is 0 Å². The van der Waals surface area contributed by atoms with E-state index in [1.807, 2.05) is 30.3 Å². The zero-order chi connectivity index (χ0) is 18.5. The second-order valence-corrected chi connectivity index (χ2v) is 6.00. The lowest BCUT2D eigenvalue weighted by Crippen LogP contribution is -2.41. The summed E-state index contributed by atoms with van der Waals surface area (Å²) in [7, 11) is 7.11. The van der Waals surface area contributed by atoms with E-state index in [1.165, 1.54) is 6.21 Å². The van der Waals surface area contributed by atoms with Crippen molar-refractivity contribution < 1.29 is 14.2 Å². The molecule has 0 amide bonds. The highest BCUT2D eigenvalue weighted by Gasteiger charge is 2.35. The molecule has 26 heavy (non-hydrogen) atoms. The summed E-state index contributed by atoms with van der Waals surface area (Å²) in [5, 5.41) is 10.8. The van der Waals surface area contributed by atoms with Crippen LogP contribution < -0.4 is 21.3 Å². The van der Waals surface area contributed by atoms with Gasteiger partial charge in [-0.3, -0.25) is 0 Å². The summed E-state index contributed by atoms with van der Waals surface area (Å²) in [5.41, 5.74) is 9.87. The first-order valence-corrected chi connectivity index (χ1v) is 8.44. The third-order valence-electron chi connectivity index (χ3n) is 4.43. The van der Waals surface area contributed by atoms with Crippen LogP contribution in [0.5, 0.6) is 5.75 Å². The Hall–Kier alpha value is -2.51. The van der Waals surface area contributed by atoms with Gasteiger partial charge in [-0.15, -0.1) is 0 Å². The van der Waals surface area contributed by atoms with Crippen LogP contribution in [0.3, 0.4) is 0 Å². The fraction of sp³-hybridized carbons (Fsp3) is 0.316. The molecule has 2 radical (unpaired) electrons. The fourth-order valence-corrected chi connectivity index (χ4v) is 3.16. The number of para-hydroxylation sites is 1. The molecule has 2 atom stereocenters. The van der Waals surface area contributed by atoms with Crippen LogP contribution in [0.2, 0.25) is 0 Å². The van der Waals surface area contributed by atoms with Gasteiger partial charge < -0.3 is 30.7 Å². The zero-order valence-electron chi connectivity index (χ0n) is 14.7. The van der Waals surface area contributed by atoms with Gasteiger partial charge in [-0.2, -0.15) is 0 Å². The average molecular weight is 351 g/mol. The summed E-state index contributed by atoms with van der Waals surface area (Å²) >= 11 is 0. The molecular weight excluding hydrogens is 329 g/mol. The highest BCUT2D eigenvalue weighted by molar-refractivity contribution is 6.34. The molecule has 0 saturated carbocycles. The van der Waals surface area contributed by atoms with Crippen molar-refractivity contribution in [1.29, 1.82) is 5.41 Å². The summed E-state index contributed by atoms with van der Waals surface area (Å²) in [6, 6.07) is 11.1. The second-order valence-electron chi connectivity index (χ2n) is 6.00. The Morgan fingerprint density at radius 3 is 2.69 bits per heavy atom. The van der Waals surface area contributed by atoms with Crippen LogP contribution in [-0.2, 0) is 9.47 Å². The first-order valence-electron chi connectivity index (χ1n) is 8.44. The molecule has 2 aromatic rings. The average Bonchev–Trinajstić information content (AvgIpc) is 2.68. The van der Waals surface area contributed by atoms with E-state index in [4.69, 9.17) is 33.2 Å². The maximum atomic E-state index is 7.50. The van der Waals surface area contributed by atoms with Crippen molar-refractivity contribution in [3.05, 3.63) is 47.5 Å². The van der Waals surface area contributed by atoms with E-state index in [1.54, 1.807) is 13.2 Å². The van der Waals surface area contributed by atoms with Crippen molar-refractivity contribution in [3.8, 4) is 5.75 Å². The molecule has 0 bridgehead atoms. The van der Waals surface area contributed by atoms with Crippen molar-refractivity contribution in [2.24, 2.45) is 0 Å². The quantitative estimate of drug-likeness (QED) is 0.435. The molecule has 2 heterocycles. The number of fused-ring (bicyclic) bond motifs is 3. The number of anilines is 2. The smallest absolute Gasteiger partial charge is 0.119 e. The lowest BCUT2D eigenvalue weighted by molar-refractivity contribution is -0.138. The van der Waals surface area contributed by atoms with Crippen molar-refractivity contribution in [3.63, 3.8) is 0 Å². The number of nitrogens with two attached hydrogens (primary N) is 1. The molecule has 4 N–H and O–H groups in total. The minimum Gasteiger partial charge on any atom is -0.497 e. The Bertz CT molecular complexity index is 785. The van der Waals surface area contributed by atoms with Gasteiger partial charge in [0.2, 0.25) is 0 Å². The Kier molecular flexibility index (Phi) is 5.80. The van der Waals surface area contributed by atoms with E-state index >= 15 is 0 Å². The molecule has 0 aromatic heterocycles. The molecule has 4 rings (SSSR count). The highest BCUT2D eigenvalue weighted by atomic mass is 16.6. The normalized spacial score (nSPS) is 20.5. The van der Waals surface area contributed by atoms with Gasteiger partial charge >= 0.3 is 0 Å². The number of methoxy groups -OCH3 is 1. The van der Waals surface area contributed by atoms with E-state index in [9.17, 15) is 0 Å². The summed E-state index contributed by atoms with van der Waals surface area (Å²) in [5.74, 6) is 0.734. The van der Waals surface area contributed by atoms with Crippen LogP contribution in [-0.4, -0.2) is 47.0 Å². The molecular formula is C19H22BN3O3. The lowest BCUT2D eigenvalue weighted by atomic mass is 9.92. The molecule has 1 saturated heterocycles. The minimum atomic E-state index is -0.111. The maximum absolute atomic E-state index is 7.50. The van der Waals surface area contributed by atoms with E-state index in [0.717, 1.165) is 29.1 Å². The lowest BCUT2D eigenvalue weighted by Gasteiger charge is -2.38. The van der Waals surface area contributed by atoms with Crippen molar-refractivity contribution in [2.45, 2.75) is 12.2 Å². The van der Waals surface area contributed by atoms with E-state index in [2.05, 4.69) is 5.32 Å². The Morgan fingerprint density at radius 1 is 1.23 bits per heavy atom. The monoisotopic (exact) mass is 351 g/mol. The van der Waals surface area contributed by atoms with Gasteiger partial charge in [0.1, 0.15) is 25.8 Å². The number of nitrogens with one attached hydrogen (secondary N) is 2. The van der Waals surface area contributed by atoms with Gasteiger partial charge in [-0.25, -0.2) is 0 Å². The molecule has 0 spiro atoms. The largest absolute Gasteiger partial charge is 0.497 e. The SMILES string of the molecule is N=Cc1c(N)ccc2c1[C@H]1OCCO[C@H]1CN2.[B]c1ccccc1OC. The molecule has 2 aliphatic heterocycles. The van der Waals surface area contributed by atoms with Crippen molar-refractivity contribution in [1.82, 2.24) is 0 Å². The number of hydrogen-bond acceptors (Lipinski definition) is 6. The van der Waals surface area contributed by atoms with Gasteiger partial charge in [0.05, 0.1) is 20.3 Å². The molecule has 134 valence electrons. The number of hydrogen-bond donors (Lipinski definition) is 3. The first-order chi connectivity index (χ1) is 12.7.